The normalized spacial score (nSPS) is 16.6. The summed E-state index contributed by atoms with van der Waals surface area (Å²) in [6.45, 7) is 6.55. The number of hydrogen-bond donors (Lipinski definition) is 1. The molecule has 2 amide bonds. The molecule has 1 aliphatic rings. The predicted octanol–water partition coefficient (Wildman–Crippen LogP) is 3.52. The Hall–Kier alpha value is -2.82. The van der Waals surface area contributed by atoms with E-state index in [1.54, 1.807) is 4.90 Å². The summed E-state index contributed by atoms with van der Waals surface area (Å²) >= 11 is 0. The molecule has 2 aromatic rings. The predicted molar refractivity (Wildman–Crippen MR) is 106 cm³/mol. The van der Waals surface area contributed by atoms with Crippen molar-refractivity contribution in [1.29, 1.82) is 0 Å². The fraction of sp³-hybridized carbons (Fsp3) is 0.333. The first-order valence-electron chi connectivity index (χ1n) is 9.13. The quantitative estimate of drug-likeness (QED) is 0.866. The molecule has 26 heavy (non-hydrogen) atoms. The van der Waals surface area contributed by atoms with Gasteiger partial charge in [0.2, 0.25) is 11.8 Å². The molecule has 2 aromatic carbocycles. The van der Waals surface area contributed by atoms with Gasteiger partial charge in [0.1, 0.15) is 0 Å². The van der Waals surface area contributed by atoms with Crippen LogP contribution in [0.3, 0.4) is 0 Å². The fourth-order valence-electron chi connectivity index (χ4n) is 3.33. The Balaban J connectivity index is 1.63. The Labute approximate surface area is 154 Å². The molecule has 1 atom stereocenters. The van der Waals surface area contributed by atoms with E-state index < -0.39 is 0 Å². The summed E-state index contributed by atoms with van der Waals surface area (Å²) in [4.78, 5) is 28.8. The molecular weight excluding hydrogens is 326 g/mol. The van der Waals surface area contributed by atoms with Crippen LogP contribution in [0.4, 0.5) is 17.1 Å². The van der Waals surface area contributed by atoms with Crippen molar-refractivity contribution in [1.82, 2.24) is 0 Å². The van der Waals surface area contributed by atoms with E-state index in [9.17, 15) is 9.59 Å². The number of hydrogen-bond acceptors (Lipinski definition) is 3. The highest BCUT2D eigenvalue weighted by Gasteiger charge is 2.35. The number of nitrogens with one attached hydrogen (secondary N) is 1. The van der Waals surface area contributed by atoms with E-state index in [0.717, 1.165) is 30.2 Å². The number of benzene rings is 2. The van der Waals surface area contributed by atoms with Gasteiger partial charge in [0, 0.05) is 43.1 Å². The van der Waals surface area contributed by atoms with Gasteiger partial charge in [-0.2, -0.15) is 0 Å². The Morgan fingerprint density at radius 1 is 1.08 bits per heavy atom. The van der Waals surface area contributed by atoms with Crippen molar-refractivity contribution < 1.29 is 9.59 Å². The molecule has 1 heterocycles. The van der Waals surface area contributed by atoms with Crippen LogP contribution in [-0.4, -0.2) is 31.4 Å². The lowest BCUT2D eigenvalue weighted by Gasteiger charge is -2.21. The zero-order valence-electron chi connectivity index (χ0n) is 15.3. The van der Waals surface area contributed by atoms with Crippen LogP contribution in [0.1, 0.15) is 20.3 Å². The van der Waals surface area contributed by atoms with Crippen LogP contribution in [0.15, 0.2) is 54.6 Å². The number of nitrogens with zero attached hydrogens (tertiary/aromatic N) is 2. The summed E-state index contributed by atoms with van der Waals surface area (Å²) in [5, 5.41) is 2.94. The van der Waals surface area contributed by atoms with Crippen LogP contribution in [0.2, 0.25) is 0 Å². The smallest absolute Gasteiger partial charge is 0.229 e. The maximum atomic E-state index is 12.6. The van der Waals surface area contributed by atoms with Crippen molar-refractivity contribution in [2.75, 3.05) is 34.8 Å². The zero-order valence-corrected chi connectivity index (χ0v) is 15.3. The number of rotatable bonds is 6. The average Bonchev–Trinajstić information content (AvgIpc) is 3.07. The maximum Gasteiger partial charge on any atom is 0.229 e. The van der Waals surface area contributed by atoms with Crippen molar-refractivity contribution in [2.45, 2.75) is 20.3 Å². The van der Waals surface area contributed by atoms with E-state index in [-0.39, 0.29) is 24.2 Å². The molecule has 0 saturated carbocycles. The van der Waals surface area contributed by atoms with Crippen LogP contribution in [0, 0.1) is 5.92 Å². The molecule has 1 saturated heterocycles. The minimum absolute atomic E-state index is 0.00627. The average molecular weight is 351 g/mol. The van der Waals surface area contributed by atoms with Gasteiger partial charge in [0.15, 0.2) is 0 Å². The minimum Gasteiger partial charge on any atom is -0.372 e. The standard InChI is InChI=1S/C21H25N3O2/c1-3-23(4-2)18-12-10-17(11-13-18)22-21(26)16-14-20(25)24(15-16)19-8-6-5-7-9-19/h5-13,16H,3-4,14-15H2,1-2H3,(H,22,26). The number of carbonyl (C=O) groups is 2. The molecule has 1 fully saturated rings. The first-order valence-corrected chi connectivity index (χ1v) is 9.13. The summed E-state index contributed by atoms with van der Waals surface area (Å²) in [7, 11) is 0. The minimum atomic E-state index is -0.329. The molecule has 0 bridgehead atoms. The Bertz CT molecular complexity index is 755. The van der Waals surface area contributed by atoms with Crippen molar-refractivity contribution >= 4 is 28.9 Å². The SMILES string of the molecule is CCN(CC)c1ccc(NC(=O)C2CC(=O)N(c3ccccc3)C2)cc1. The lowest BCUT2D eigenvalue weighted by atomic mass is 10.1. The maximum absolute atomic E-state index is 12.6. The molecule has 0 spiro atoms. The first-order chi connectivity index (χ1) is 12.6. The second-order valence-corrected chi connectivity index (χ2v) is 6.45. The molecule has 0 aliphatic carbocycles. The molecule has 0 aromatic heterocycles. The lowest BCUT2D eigenvalue weighted by Crippen LogP contribution is -2.28. The lowest BCUT2D eigenvalue weighted by molar-refractivity contribution is -0.122. The molecule has 5 heteroatoms. The van der Waals surface area contributed by atoms with E-state index in [0.29, 0.717) is 6.54 Å². The second kappa shape index (κ2) is 8.04. The van der Waals surface area contributed by atoms with E-state index >= 15 is 0 Å². The Kier molecular flexibility index (Phi) is 5.56. The summed E-state index contributed by atoms with van der Waals surface area (Å²) in [5.74, 6) is -0.439. The third kappa shape index (κ3) is 3.87. The Morgan fingerprint density at radius 2 is 1.73 bits per heavy atom. The van der Waals surface area contributed by atoms with Crippen LogP contribution < -0.4 is 15.1 Å². The van der Waals surface area contributed by atoms with Gasteiger partial charge in [0.05, 0.1) is 5.92 Å². The van der Waals surface area contributed by atoms with Crippen molar-refractivity contribution in [2.24, 2.45) is 5.92 Å². The summed E-state index contributed by atoms with van der Waals surface area (Å²) < 4.78 is 0. The van der Waals surface area contributed by atoms with Gasteiger partial charge in [-0.15, -0.1) is 0 Å². The summed E-state index contributed by atoms with van der Waals surface area (Å²) in [6, 6.07) is 17.3. The third-order valence-corrected chi connectivity index (χ3v) is 4.83. The van der Waals surface area contributed by atoms with Crippen LogP contribution in [0.5, 0.6) is 0 Å². The van der Waals surface area contributed by atoms with Crippen LogP contribution >= 0.6 is 0 Å². The van der Waals surface area contributed by atoms with Crippen LogP contribution in [-0.2, 0) is 9.59 Å². The highest BCUT2D eigenvalue weighted by atomic mass is 16.2. The molecule has 3 rings (SSSR count). The van der Waals surface area contributed by atoms with Gasteiger partial charge in [-0.1, -0.05) is 18.2 Å². The number of anilines is 3. The molecular formula is C21H25N3O2. The summed E-state index contributed by atoms with van der Waals surface area (Å²) in [6.07, 6.45) is 0.248. The van der Waals surface area contributed by atoms with Gasteiger partial charge in [-0.05, 0) is 50.2 Å². The van der Waals surface area contributed by atoms with E-state index in [1.807, 2.05) is 54.6 Å². The number of para-hydroxylation sites is 1. The molecule has 1 aliphatic heterocycles. The summed E-state index contributed by atoms with van der Waals surface area (Å²) in [5.41, 5.74) is 2.74. The van der Waals surface area contributed by atoms with Gasteiger partial charge in [0.25, 0.3) is 0 Å². The van der Waals surface area contributed by atoms with Gasteiger partial charge < -0.3 is 15.1 Å². The fourth-order valence-corrected chi connectivity index (χ4v) is 3.33. The Morgan fingerprint density at radius 3 is 2.35 bits per heavy atom. The van der Waals surface area contributed by atoms with Crippen molar-refractivity contribution in [3.05, 3.63) is 54.6 Å². The highest BCUT2D eigenvalue weighted by Crippen LogP contribution is 2.26. The monoisotopic (exact) mass is 351 g/mol. The van der Waals surface area contributed by atoms with Gasteiger partial charge >= 0.3 is 0 Å². The van der Waals surface area contributed by atoms with Gasteiger partial charge in [-0.25, -0.2) is 0 Å². The van der Waals surface area contributed by atoms with Crippen molar-refractivity contribution in [3.8, 4) is 0 Å². The topological polar surface area (TPSA) is 52.7 Å². The molecule has 0 radical (unpaired) electrons. The molecule has 1 N–H and O–H groups in total. The van der Waals surface area contributed by atoms with E-state index in [2.05, 4.69) is 24.1 Å². The zero-order chi connectivity index (χ0) is 18.5. The number of carbonyl (C=O) groups excluding carboxylic acids is 2. The largest absolute Gasteiger partial charge is 0.372 e. The molecule has 1 unspecified atom stereocenters. The van der Waals surface area contributed by atoms with E-state index in [4.69, 9.17) is 0 Å². The number of amides is 2. The molecule has 5 nitrogen and oxygen atoms in total. The van der Waals surface area contributed by atoms with E-state index in [1.165, 1.54) is 0 Å². The van der Waals surface area contributed by atoms with Gasteiger partial charge in [-0.3, -0.25) is 9.59 Å². The molecule has 136 valence electrons. The second-order valence-electron chi connectivity index (χ2n) is 6.45. The van der Waals surface area contributed by atoms with Crippen molar-refractivity contribution in [3.63, 3.8) is 0 Å². The third-order valence-electron chi connectivity index (χ3n) is 4.83. The first kappa shape index (κ1) is 18.0. The van der Waals surface area contributed by atoms with Crippen LogP contribution in [0.25, 0.3) is 0 Å². The highest BCUT2D eigenvalue weighted by molar-refractivity contribution is 6.03.